The molecule has 0 aromatic heterocycles. The first kappa shape index (κ1) is 19.7. The summed E-state index contributed by atoms with van der Waals surface area (Å²) in [5.74, 6) is 1.16. The number of carbonyl (C=O) groups excluding carboxylic acids is 2. The van der Waals surface area contributed by atoms with Crippen molar-refractivity contribution in [3.05, 3.63) is 44.6 Å². The molecule has 0 spiro atoms. The summed E-state index contributed by atoms with van der Waals surface area (Å²) in [6.45, 7) is 4.32. The van der Waals surface area contributed by atoms with Crippen LogP contribution in [0.3, 0.4) is 0 Å². The van der Waals surface area contributed by atoms with Crippen molar-refractivity contribution in [2.45, 2.75) is 26.3 Å². The van der Waals surface area contributed by atoms with Gasteiger partial charge in [-0.25, -0.2) is 0 Å². The molecule has 1 unspecified atom stereocenters. The Morgan fingerprint density at radius 2 is 1.96 bits per heavy atom. The molecule has 3 rings (SSSR count). The Morgan fingerprint density at radius 1 is 1.27 bits per heavy atom. The van der Waals surface area contributed by atoms with E-state index in [0.29, 0.717) is 23.6 Å². The van der Waals surface area contributed by atoms with E-state index in [9.17, 15) is 14.7 Å². The molecule has 4 nitrogen and oxygen atoms in total. The van der Waals surface area contributed by atoms with E-state index in [0.717, 1.165) is 24.6 Å². The van der Waals surface area contributed by atoms with Gasteiger partial charge in [0.25, 0.3) is 0 Å². The second kappa shape index (κ2) is 8.34. The molecule has 1 heterocycles. The summed E-state index contributed by atoms with van der Waals surface area (Å²) >= 11 is 14.8. The molecule has 1 atom stereocenters. The molecule has 1 saturated heterocycles. The topological polar surface area (TPSA) is 57.6 Å². The van der Waals surface area contributed by atoms with Crippen LogP contribution in [0.4, 0.5) is 0 Å². The zero-order valence-electron chi connectivity index (χ0n) is 14.6. The Labute approximate surface area is 167 Å². The van der Waals surface area contributed by atoms with Gasteiger partial charge in [0.1, 0.15) is 11.3 Å². The number of nitrogens with zero attached hydrogens (tertiary/aromatic N) is 1. The van der Waals surface area contributed by atoms with E-state index in [1.807, 2.05) is 18.7 Å². The number of halogens is 2. The number of ketones is 2. The molecule has 1 aromatic rings. The minimum absolute atomic E-state index is 0.0345. The van der Waals surface area contributed by atoms with Crippen molar-refractivity contribution in [1.29, 1.82) is 0 Å². The van der Waals surface area contributed by atoms with Crippen LogP contribution < -0.4 is 0 Å². The number of benzene rings is 1. The molecule has 0 amide bonds. The van der Waals surface area contributed by atoms with E-state index in [-0.39, 0.29) is 40.0 Å². The highest BCUT2D eigenvalue weighted by Crippen LogP contribution is 2.34. The molecule has 1 aromatic carbocycles. The molecule has 1 aliphatic carbocycles. The highest BCUT2D eigenvalue weighted by atomic mass is 35.5. The Balaban J connectivity index is 1.93. The molecule has 26 heavy (non-hydrogen) atoms. The maximum absolute atomic E-state index is 12.9. The Bertz CT molecular complexity index is 772. The van der Waals surface area contributed by atoms with Gasteiger partial charge in [0, 0.05) is 60.1 Å². The summed E-state index contributed by atoms with van der Waals surface area (Å²) in [5, 5.41) is 11.0. The average molecular weight is 414 g/mol. The van der Waals surface area contributed by atoms with Gasteiger partial charge < -0.3 is 5.11 Å². The van der Waals surface area contributed by atoms with Crippen LogP contribution >= 0.6 is 35.0 Å². The van der Waals surface area contributed by atoms with Gasteiger partial charge in [-0.05, 0) is 18.1 Å². The van der Waals surface area contributed by atoms with E-state index in [1.165, 1.54) is 6.07 Å². The fourth-order valence-corrected chi connectivity index (χ4v) is 4.93. The van der Waals surface area contributed by atoms with Crippen LogP contribution in [-0.4, -0.2) is 46.2 Å². The largest absolute Gasteiger partial charge is 0.511 e. The van der Waals surface area contributed by atoms with Gasteiger partial charge in [-0.2, -0.15) is 11.8 Å². The quantitative estimate of drug-likeness (QED) is 0.579. The molecular weight excluding hydrogens is 393 g/mol. The fraction of sp³-hybridized carbons (Fsp3) is 0.474. The van der Waals surface area contributed by atoms with Gasteiger partial charge in [0.2, 0.25) is 5.78 Å². The Morgan fingerprint density at radius 3 is 2.62 bits per heavy atom. The number of aliphatic hydroxyl groups is 1. The van der Waals surface area contributed by atoms with E-state index < -0.39 is 5.78 Å². The van der Waals surface area contributed by atoms with Crippen LogP contribution in [0.1, 0.15) is 35.7 Å². The summed E-state index contributed by atoms with van der Waals surface area (Å²) < 4.78 is 0. The SMILES string of the molecule is CC1CC(=O)C(C(=O)c2ccc(Cl)c(CN3CCSCC3)c2Cl)=C(O)C1. The van der Waals surface area contributed by atoms with E-state index in [1.54, 1.807) is 6.07 Å². The second-order valence-electron chi connectivity index (χ2n) is 6.86. The van der Waals surface area contributed by atoms with Gasteiger partial charge in [-0.3, -0.25) is 14.5 Å². The average Bonchev–Trinajstić information content (AvgIpc) is 2.58. The van der Waals surface area contributed by atoms with E-state index in [2.05, 4.69) is 4.90 Å². The van der Waals surface area contributed by atoms with Crippen molar-refractivity contribution in [2.24, 2.45) is 5.92 Å². The highest BCUT2D eigenvalue weighted by molar-refractivity contribution is 7.99. The molecular formula is C19H21Cl2NO3S. The van der Waals surface area contributed by atoms with Gasteiger partial charge in [-0.1, -0.05) is 30.1 Å². The molecule has 1 aliphatic heterocycles. The van der Waals surface area contributed by atoms with Crippen molar-refractivity contribution >= 4 is 46.5 Å². The summed E-state index contributed by atoms with van der Waals surface area (Å²) in [6, 6.07) is 3.18. The zero-order chi connectivity index (χ0) is 18.8. The lowest BCUT2D eigenvalue weighted by Gasteiger charge is -2.27. The predicted octanol–water partition coefficient (Wildman–Crippen LogP) is 4.54. The molecule has 1 fully saturated rings. The van der Waals surface area contributed by atoms with Crippen molar-refractivity contribution < 1.29 is 14.7 Å². The fourth-order valence-electron chi connectivity index (χ4n) is 3.38. The van der Waals surface area contributed by atoms with Crippen molar-refractivity contribution in [3.63, 3.8) is 0 Å². The number of rotatable bonds is 4. The molecule has 1 N–H and O–H groups in total. The summed E-state index contributed by atoms with van der Waals surface area (Å²) in [7, 11) is 0. The number of aliphatic hydroxyl groups excluding tert-OH is 1. The standard InChI is InChI=1S/C19H21Cl2NO3S/c1-11-8-15(23)17(16(24)9-11)19(25)12-2-3-14(20)13(18(12)21)10-22-4-6-26-7-5-22/h2-3,11,23H,4-10H2,1H3. The number of Topliss-reactive ketones (excluding diaryl/α,β-unsaturated/α-hetero) is 2. The lowest BCUT2D eigenvalue weighted by atomic mass is 9.85. The Hall–Kier alpha value is -1.01. The predicted molar refractivity (Wildman–Crippen MR) is 106 cm³/mol. The van der Waals surface area contributed by atoms with Gasteiger partial charge >= 0.3 is 0 Å². The first-order valence-corrected chi connectivity index (χ1v) is 10.6. The molecule has 0 saturated carbocycles. The third-order valence-corrected chi connectivity index (χ3v) is 6.51. The monoisotopic (exact) mass is 413 g/mol. The minimum atomic E-state index is -0.517. The van der Waals surface area contributed by atoms with Crippen LogP contribution in [0.5, 0.6) is 0 Å². The first-order chi connectivity index (χ1) is 12.4. The number of carbonyl (C=O) groups is 2. The zero-order valence-corrected chi connectivity index (χ0v) is 16.9. The van der Waals surface area contributed by atoms with E-state index in [4.69, 9.17) is 23.2 Å². The summed E-state index contributed by atoms with van der Waals surface area (Å²) in [5.41, 5.74) is 0.789. The first-order valence-electron chi connectivity index (χ1n) is 8.65. The van der Waals surface area contributed by atoms with Crippen LogP contribution in [0.2, 0.25) is 10.0 Å². The maximum atomic E-state index is 12.9. The van der Waals surface area contributed by atoms with Crippen LogP contribution in [-0.2, 0) is 11.3 Å². The smallest absolute Gasteiger partial charge is 0.201 e. The second-order valence-corrected chi connectivity index (χ2v) is 8.87. The Kier molecular flexibility index (Phi) is 6.33. The summed E-state index contributed by atoms with van der Waals surface area (Å²) in [6.07, 6.45) is 0.588. The normalized spacial score (nSPS) is 22.0. The van der Waals surface area contributed by atoms with Crippen molar-refractivity contribution in [1.82, 2.24) is 4.90 Å². The third-order valence-electron chi connectivity index (χ3n) is 4.79. The van der Waals surface area contributed by atoms with Crippen LogP contribution in [0, 0.1) is 5.92 Å². The lowest BCUT2D eigenvalue weighted by molar-refractivity contribution is -0.116. The number of thioether (sulfide) groups is 1. The van der Waals surface area contributed by atoms with Gasteiger partial charge in [0.15, 0.2) is 5.78 Å². The minimum Gasteiger partial charge on any atom is -0.511 e. The molecule has 7 heteroatoms. The molecule has 140 valence electrons. The van der Waals surface area contributed by atoms with E-state index >= 15 is 0 Å². The molecule has 2 aliphatic rings. The maximum Gasteiger partial charge on any atom is 0.201 e. The summed E-state index contributed by atoms with van der Waals surface area (Å²) in [4.78, 5) is 27.5. The van der Waals surface area contributed by atoms with Crippen LogP contribution in [0.25, 0.3) is 0 Å². The lowest BCUT2D eigenvalue weighted by Crippen LogP contribution is -2.32. The van der Waals surface area contributed by atoms with Gasteiger partial charge in [0.05, 0.1) is 5.02 Å². The van der Waals surface area contributed by atoms with Crippen LogP contribution in [0.15, 0.2) is 23.5 Å². The number of allylic oxidation sites excluding steroid dienone is 2. The third kappa shape index (κ3) is 4.11. The van der Waals surface area contributed by atoms with Gasteiger partial charge in [-0.15, -0.1) is 0 Å². The van der Waals surface area contributed by atoms with Crippen molar-refractivity contribution in [2.75, 3.05) is 24.6 Å². The number of hydrogen-bond acceptors (Lipinski definition) is 5. The number of hydrogen-bond donors (Lipinski definition) is 1. The molecule has 0 bridgehead atoms. The molecule has 0 radical (unpaired) electrons. The van der Waals surface area contributed by atoms with Crippen molar-refractivity contribution in [3.8, 4) is 0 Å². The highest BCUT2D eigenvalue weighted by Gasteiger charge is 2.32.